The van der Waals surface area contributed by atoms with E-state index in [2.05, 4.69) is 4.90 Å². The average Bonchev–Trinajstić information content (AvgIpc) is 2.41. The number of benzene rings is 1. The third-order valence-electron chi connectivity index (χ3n) is 4.12. The summed E-state index contributed by atoms with van der Waals surface area (Å²) in [5.74, 6) is -0.960. The van der Waals surface area contributed by atoms with Crippen LogP contribution in [0.25, 0.3) is 0 Å². The van der Waals surface area contributed by atoms with Crippen LogP contribution in [0.4, 0.5) is 13.2 Å². The highest BCUT2D eigenvalue weighted by atomic mass is 19.4. The summed E-state index contributed by atoms with van der Waals surface area (Å²) >= 11 is 0. The highest BCUT2D eigenvalue weighted by Crippen LogP contribution is 2.38. The van der Waals surface area contributed by atoms with E-state index in [9.17, 15) is 18.3 Å². The summed E-state index contributed by atoms with van der Waals surface area (Å²) in [6.45, 7) is 2.85. The first-order valence-corrected chi connectivity index (χ1v) is 7.02. The van der Waals surface area contributed by atoms with E-state index in [0.29, 0.717) is 13.1 Å². The zero-order valence-corrected chi connectivity index (χ0v) is 11.5. The molecular formula is C15H20F3NO. The number of phenols is 1. The van der Waals surface area contributed by atoms with Gasteiger partial charge < -0.3 is 5.11 Å². The van der Waals surface area contributed by atoms with Gasteiger partial charge in [-0.25, -0.2) is 0 Å². The van der Waals surface area contributed by atoms with Crippen LogP contribution in [0.2, 0.25) is 0 Å². The van der Waals surface area contributed by atoms with Crippen molar-refractivity contribution < 1.29 is 18.3 Å². The molecule has 1 heterocycles. The monoisotopic (exact) mass is 287 g/mol. The van der Waals surface area contributed by atoms with Gasteiger partial charge in [-0.05, 0) is 38.4 Å². The Kier molecular flexibility index (Phi) is 4.58. The fourth-order valence-corrected chi connectivity index (χ4v) is 2.98. The minimum Gasteiger partial charge on any atom is -0.508 e. The Bertz CT molecular complexity index is 439. The molecular weight excluding hydrogens is 267 g/mol. The van der Waals surface area contributed by atoms with Gasteiger partial charge in [-0.3, -0.25) is 4.90 Å². The summed E-state index contributed by atoms with van der Waals surface area (Å²) in [5, 5.41) is 9.92. The molecule has 1 fully saturated rings. The summed E-state index contributed by atoms with van der Waals surface area (Å²) in [7, 11) is 0. The largest absolute Gasteiger partial charge is 0.508 e. The van der Waals surface area contributed by atoms with Crippen molar-refractivity contribution in [3.8, 4) is 5.75 Å². The van der Waals surface area contributed by atoms with Gasteiger partial charge in [0.1, 0.15) is 5.75 Å². The lowest BCUT2D eigenvalue weighted by molar-refractivity contribution is -0.186. The molecule has 2 nitrogen and oxygen atoms in total. The van der Waals surface area contributed by atoms with Crippen molar-refractivity contribution in [1.29, 1.82) is 0 Å². The number of aromatic hydroxyl groups is 1. The zero-order valence-electron chi connectivity index (χ0n) is 11.5. The summed E-state index contributed by atoms with van der Waals surface area (Å²) in [6, 6.07) is 7.06. The quantitative estimate of drug-likeness (QED) is 0.904. The van der Waals surface area contributed by atoms with Gasteiger partial charge >= 0.3 is 6.18 Å². The second-order valence-electron chi connectivity index (χ2n) is 5.33. The smallest absolute Gasteiger partial charge is 0.391 e. The van der Waals surface area contributed by atoms with Crippen molar-refractivity contribution in [3.05, 3.63) is 29.8 Å². The number of piperidine rings is 1. The molecule has 1 saturated heterocycles. The van der Waals surface area contributed by atoms with Crippen LogP contribution >= 0.6 is 0 Å². The molecule has 0 aliphatic carbocycles. The summed E-state index contributed by atoms with van der Waals surface area (Å²) in [6.07, 6.45) is -3.02. The maximum Gasteiger partial charge on any atom is 0.391 e. The maximum absolute atomic E-state index is 12.7. The van der Waals surface area contributed by atoms with E-state index in [4.69, 9.17) is 0 Å². The molecule has 112 valence electrons. The van der Waals surface area contributed by atoms with Crippen LogP contribution in [-0.4, -0.2) is 29.3 Å². The number of likely N-dealkylation sites (tertiary alicyclic amines) is 1. The molecule has 0 amide bonds. The zero-order chi connectivity index (χ0) is 14.8. The third kappa shape index (κ3) is 3.26. The minimum absolute atomic E-state index is 0.00890. The number of alkyl halides is 3. The van der Waals surface area contributed by atoms with Gasteiger partial charge in [-0.2, -0.15) is 13.2 Å². The summed E-state index contributed by atoms with van der Waals surface area (Å²) in [5.41, 5.74) is 0.806. The molecule has 0 aromatic heterocycles. The molecule has 0 spiro atoms. The van der Waals surface area contributed by atoms with E-state index in [1.807, 2.05) is 19.1 Å². The Balaban J connectivity index is 2.06. The topological polar surface area (TPSA) is 23.5 Å². The molecule has 2 rings (SSSR count). The van der Waals surface area contributed by atoms with Crippen molar-refractivity contribution in [2.24, 2.45) is 5.92 Å². The predicted octanol–water partition coefficient (Wildman–Crippen LogP) is 4.12. The van der Waals surface area contributed by atoms with Gasteiger partial charge in [-0.15, -0.1) is 0 Å². The lowest BCUT2D eigenvalue weighted by Crippen LogP contribution is -2.40. The Hall–Kier alpha value is -1.23. The number of nitrogens with zero attached hydrogens (tertiary/aromatic N) is 1. The van der Waals surface area contributed by atoms with Crippen molar-refractivity contribution >= 4 is 0 Å². The van der Waals surface area contributed by atoms with Crippen LogP contribution in [0.5, 0.6) is 5.75 Å². The fraction of sp³-hybridized carbons (Fsp3) is 0.600. The minimum atomic E-state index is -4.08. The predicted molar refractivity (Wildman–Crippen MR) is 71.5 cm³/mol. The number of hydrogen-bond acceptors (Lipinski definition) is 2. The first-order chi connectivity index (χ1) is 9.43. The van der Waals surface area contributed by atoms with Gasteiger partial charge in [0.25, 0.3) is 0 Å². The molecule has 1 aliphatic heterocycles. The van der Waals surface area contributed by atoms with Gasteiger partial charge in [0.05, 0.1) is 5.92 Å². The first-order valence-electron chi connectivity index (χ1n) is 7.02. The SMILES string of the molecule is CCC(c1ccccc1O)N1CCC(C(F)(F)F)CC1. The van der Waals surface area contributed by atoms with Crippen molar-refractivity contribution in [1.82, 2.24) is 4.90 Å². The highest BCUT2D eigenvalue weighted by molar-refractivity contribution is 5.34. The number of halogens is 3. The van der Waals surface area contributed by atoms with E-state index in [-0.39, 0.29) is 24.6 Å². The maximum atomic E-state index is 12.7. The van der Waals surface area contributed by atoms with Gasteiger partial charge in [0, 0.05) is 11.6 Å². The molecule has 1 aromatic carbocycles. The Morgan fingerprint density at radius 2 is 1.85 bits per heavy atom. The second kappa shape index (κ2) is 6.04. The summed E-state index contributed by atoms with van der Waals surface area (Å²) in [4.78, 5) is 2.05. The number of phenolic OH excluding ortho intramolecular Hbond substituents is 1. The van der Waals surface area contributed by atoms with Gasteiger partial charge in [0.15, 0.2) is 0 Å². The molecule has 1 aliphatic rings. The van der Waals surface area contributed by atoms with Gasteiger partial charge in [-0.1, -0.05) is 25.1 Å². The van der Waals surface area contributed by atoms with Crippen LogP contribution < -0.4 is 0 Å². The van der Waals surface area contributed by atoms with E-state index in [0.717, 1.165) is 12.0 Å². The van der Waals surface area contributed by atoms with E-state index in [1.165, 1.54) is 0 Å². The third-order valence-corrected chi connectivity index (χ3v) is 4.12. The molecule has 20 heavy (non-hydrogen) atoms. The van der Waals surface area contributed by atoms with Crippen LogP contribution in [0.1, 0.15) is 37.8 Å². The van der Waals surface area contributed by atoms with E-state index in [1.54, 1.807) is 12.1 Å². The average molecular weight is 287 g/mol. The van der Waals surface area contributed by atoms with Crippen LogP contribution in [0.15, 0.2) is 24.3 Å². The van der Waals surface area contributed by atoms with E-state index < -0.39 is 12.1 Å². The highest BCUT2D eigenvalue weighted by Gasteiger charge is 2.41. The molecule has 1 unspecified atom stereocenters. The number of hydrogen-bond donors (Lipinski definition) is 1. The molecule has 1 aromatic rings. The molecule has 5 heteroatoms. The Morgan fingerprint density at radius 3 is 2.35 bits per heavy atom. The lowest BCUT2D eigenvalue weighted by atomic mass is 9.92. The van der Waals surface area contributed by atoms with Crippen LogP contribution in [-0.2, 0) is 0 Å². The lowest BCUT2D eigenvalue weighted by Gasteiger charge is -2.38. The molecule has 1 atom stereocenters. The van der Waals surface area contributed by atoms with Crippen LogP contribution in [0.3, 0.4) is 0 Å². The van der Waals surface area contributed by atoms with Gasteiger partial charge in [0.2, 0.25) is 0 Å². The Morgan fingerprint density at radius 1 is 1.25 bits per heavy atom. The van der Waals surface area contributed by atoms with Crippen molar-refractivity contribution in [2.45, 2.75) is 38.4 Å². The molecule has 1 N–H and O–H groups in total. The molecule has 0 bridgehead atoms. The van der Waals surface area contributed by atoms with Crippen molar-refractivity contribution in [2.75, 3.05) is 13.1 Å². The fourth-order valence-electron chi connectivity index (χ4n) is 2.98. The summed E-state index contributed by atoms with van der Waals surface area (Å²) < 4.78 is 38.0. The van der Waals surface area contributed by atoms with Crippen molar-refractivity contribution in [3.63, 3.8) is 0 Å². The number of para-hydroxylation sites is 1. The number of rotatable bonds is 3. The molecule has 0 saturated carbocycles. The standard InChI is InChI=1S/C15H20F3NO/c1-2-13(12-5-3-4-6-14(12)20)19-9-7-11(8-10-19)15(16,17)18/h3-6,11,13,20H,2,7-10H2,1H3. The van der Waals surface area contributed by atoms with Crippen LogP contribution in [0, 0.1) is 5.92 Å². The second-order valence-corrected chi connectivity index (χ2v) is 5.33. The molecule has 0 radical (unpaired) electrons. The Labute approximate surface area is 117 Å². The van der Waals surface area contributed by atoms with E-state index >= 15 is 0 Å². The normalized spacial score (nSPS) is 20.0. The first kappa shape index (κ1) is 15.2.